The van der Waals surface area contributed by atoms with Crippen molar-refractivity contribution in [2.75, 3.05) is 6.61 Å². The fraction of sp³-hybridized carbons (Fsp3) is 0.341. The second kappa shape index (κ2) is 16.0. The first kappa shape index (κ1) is 34.7. The summed E-state index contributed by atoms with van der Waals surface area (Å²) in [6, 6.07) is 40.1. The summed E-state index contributed by atoms with van der Waals surface area (Å²) in [6.07, 6.45) is -0.191. The Kier molecular flexibility index (Phi) is 11.8. The quantitative estimate of drug-likeness (QED) is 0.135. The van der Waals surface area contributed by atoms with E-state index >= 15 is 0 Å². The molecule has 0 N–H and O–H groups in total. The molecule has 0 heterocycles. The molecule has 246 valence electrons. The van der Waals surface area contributed by atoms with E-state index in [-0.39, 0.29) is 23.3 Å². The molecule has 1 aliphatic rings. The molecule has 1 saturated carbocycles. The molecule has 4 aromatic rings. The molecule has 0 amide bonds. The van der Waals surface area contributed by atoms with Gasteiger partial charge in [-0.05, 0) is 46.0 Å². The summed E-state index contributed by atoms with van der Waals surface area (Å²) in [5.74, 6) is -0.437. The third-order valence-electron chi connectivity index (χ3n) is 9.34. The zero-order chi connectivity index (χ0) is 33.3. The summed E-state index contributed by atoms with van der Waals surface area (Å²) in [7, 11) is -2.18. The summed E-state index contributed by atoms with van der Waals surface area (Å²) in [4.78, 5) is 14.7. The van der Waals surface area contributed by atoms with Crippen LogP contribution in [-0.4, -0.2) is 39.0 Å². The van der Waals surface area contributed by atoms with Crippen LogP contribution < -0.4 is 0 Å². The SMILES string of the molecule is CC(C)(C)[Si](C)(C)OC[C@H]1/C(=C\c2ccccc2)[C@H](OCc2ccccc2)C(=O)[C@@H](OCc2ccccc2)[C@@H]1OCc1ccccc1. The van der Waals surface area contributed by atoms with Gasteiger partial charge in [0, 0.05) is 12.5 Å². The maximum Gasteiger partial charge on any atom is 0.197 e. The van der Waals surface area contributed by atoms with Crippen molar-refractivity contribution in [2.45, 2.75) is 77.0 Å². The normalized spacial score (nSPS) is 21.2. The number of hydrogen-bond acceptors (Lipinski definition) is 5. The van der Waals surface area contributed by atoms with Crippen LogP contribution in [0.1, 0.15) is 43.0 Å². The molecule has 0 unspecified atom stereocenters. The molecule has 0 saturated heterocycles. The molecular weight excluding hydrogens is 601 g/mol. The predicted octanol–water partition coefficient (Wildman–Crippen LogP) is 9.05. The van der Waals surface area contributed by atoms with Crippen molar-refractivity contribution in [3.05, 3.63) is 149 Å². The molecule has 6 heteroatoms. The average molecular weight is 649 g/mol. The zero-order valence-corrected chi connectivity index (χ0v) is 29.3. The molecule has 0 spiro atoms. The molecule has 5 nitrogen and oxygen atoms in total. The Labute approximate surface area is 281 Å². The lowest BCUT2D eigenvalue weighted by molar-refractivity contribution is -0.169. The molecule has 5 rings (SSSR count). The highest BCUT2D eigenvalue weighted by Crippen LogP contribution is 2.41. The number of carbonyl (C=O) groups excluding carboxylic acids is 1. The van der Waals surface area contributed by atoms with Gasteiger partial charge in [0.1, 0.15) is 18.3 Å². The van der Waals surface area contributed by atoms with Gasteiger partial charge in [-0.1, -0.05) is 148 Å². The molecule has 0 bridgehead atoms. The third-order valence-corrected chi connectivity index (χ3v) is 13.8. The smallest absolute Gasteiger partial charge is 0.197 e. The Balaban J connectivity index is 1.58. The minimum atomic E-state index is -2.18. The lowest BCUT2D eigenvalue weighted by Crippen LogP contribution is -2.57. The first-order valence-electron chi connectivity index (χ1n) is 16.5. The predicted molar refractivity (Wildman–Crippen MR) is 191 cm³/mol. The fourth-order valence-electron chi connectivity index (χ4n) is 5.54. The van der Waals surface area contributed by atoms with Gasteiger partial charge in [-0.2, -0.15) is 0 Å². The van der Waals surface area contributed by atoms with Gasteiger partial charge in [0.2, 0.25) is 0 Å². The maximum absolute atomic E-state index is 14.7. The van der Waals surface area contributed by atoms with Gasteiger partial charge in [-0.15, -0.1) is 0 Å². The van der Waals surface area contributed by atoms with Gasteiger partial charge in [0.15, 0.2) is 14.1 Å². The Morgan fingerprint density at radius 1 is 0.638 bits per heavy atom. The first-order valence-corrected chi connectivity index (χ1v) is 19.4. The van der Waals surface area contributed by atoms with E-state index in [0.29, 0.717) is 19.8 Å². The summed E-state index contributed by atoms with van der Waals surface area (Å²) in [5, 5.41) is 0.00755. The number of rotatable bonds is 13. The van der Waals surface area contributed by atoms with Crippen LogP contribution in [0.5, 0.6) is 0 Å². The van der Waals surface area contributed by atoms with Crippen LogP contribution in [0.2, 0.25) is 18.1 Å². The Bertz CT molecular complexity index is 1570. The van der Waals surface area contributed by atoms with E-state index in [4.69, 9.17) is 18.6 Å². The second-order valence-corrected chi connectivity index (χ2v) is 18.6. The van der Waals surface area contributed by atoms with Gasteiger partial charge < -0.3 is 18.6 Å². The monoisotopic (exact) mass is 648 g/mol. The van der Waals surface area contributed by atoms with Gasteiger partial charge in [-0.3, -0.25) is 4.79 Å². The van der Waals surface area contributed by atoms with Gasteiger partial charge >= 0.3 is 0 Å². The van der Waals surface area contributed by atoms with Crippen molar-refractivity contribution >= 4 is 20.2 Å². The van der Waals surface area contributed by atoms with Crippen LogP contribution in [0.25, 0.3) is 6.08 Å². The van der Waals surface area contributed by atoms with E-state index in [2.05, 4.69) is 52.1 Å². The van der Waals surface area contributed by atoms with Crippen LogP contribution >= 0.6 is 0 Å². The van der Waals surface area contributed by atoms with E-state index in [9.17, 15) is 4.79 Å². The topological polar surface area (TPSA) is 54.0 Å². The van der Waals surface area contributed by atoms with E-state index in [0.717, 1.165) is 27.8 Å². The number of hydrogen-bond donors (Lipinski definition) is 0. The summed E-state index contributed by atoms with van der Waals surface area (Å²) < 4.78 is 26.9. The number of ketones is 1. The first-order chi connectivity index (χ1) is 22.6. The molecule has 4 aromatic carbocycles. The Hall–Kier alpha value is -3.65. The standard InChI is InChI=1S/C41H48O5Si/c1-41(2,3)47(4,5)46-30-36-35(26-31-18-10-6-11-19-31)38(43-27-32-20-12-7-13-21-32)37(42)40(45-29-34-24-16-9-17-25-34)39(36)44-28-33-22-14-8-15-23-33/h6-26,36,38-40H,27-30H2,1-5H3/b35-26+/t36-,38-,39+,40+/m0/s1. The van der Waals surface area contributed by atoms with Crippen LogP contribution in [0.4, 0.5) is 0 Å². The largest absolute Gasteiger partial charge is 0.416 e. The molecule has 47 heavy (non-hydrogen) atoms. The van der Waals surface area contributed by atoms with Gasteiger partial charge in [0.05, 0.1) is 19.8 Å². The summed E-state index contributed by atoms with van der Waals surface area (Å²) in [6.45, 7) is 12.5. The molecule has 0 aliphatic heterocycles. The van der Waals surface area contributed by atoms with E-state index in [1.54, 1.807) is 0 Å². The third kappa shape index (κ3) is 9.25. The molecular formula is C41H48O5Si. The molecule has 1 fully saturated rings. The number of benzene rings is 4. The van der Waals surface area contributed by atoms with Crippen molar-refractivity contribution < 1.29 is 23.4 Å². The van der Waals surface area contributed by atoms with Crippen molar-refractivity contribution in [1.29, 1.82) is 0 Å². The molecule has 4 atom stereocenters. The minimum Gasteiger partial charge on any atom is -0.416 e. The zero-order valence-electron chi connectivity index (χ0n) is 28.3. The minimum absolute atomic E-state index is 0.00755. The maximum atomic E-state index is 14.7. The van der Waals surface area contributed by atoms with E-state index in [1.807, 2.05) is 109 Å². The number of carbonyl (C=O) groups is 1. The fourth-order valence-corrected chi connectivity index (χ4v) is 6.57. The Morgan fingerprint density at radius 3 is 1.57 bits per heavy atom. The van der Waals surface area contributed by atoms with Crippen molar-refractivity contribution in [2.24, 2.45) is 5.92 Å². The molecule has 0 aromatic heterocycles. The highest BCUT2D eigenvalue weighted by atomic mass is 28.4. The summed E-state index contributed by atoms with van der Waals surface area (Å²) in [5.41, 5.74) is 4.86. The lowest BCUT2D eigenvalue weighted by Gasteiger charge is -2.44. The van der Waals surface area contributed by atoms with Crippen molar-refractivity contribution in [1.82, 2.24) is 0 Å². The highest BCUT2D eigenvalue weighted by molar-refractivity contribution is 6.74. The Morgan fingerprint density at radius 2 is 1.09 bits per heavy atom. The van der Waals surface area contributed by atoms with Crippen molar-refractivity contribution in [3.63, 3.8) is 0 Å². The second-order valence-electron chi connectivity index (χ2n) is 13.8. The van der Waals surface area contributed by atoms with E-state index < -0.39 is 26.6 Å². The average Bonchev–Trinajstić information content (AvgIpc) is 3.07. The van der Waals surface area contributed by atoms with Crippen LogP contribution in [0, 0.1) is 5.92 Å². The molecule has 0 radical (unpaired) electrons. The van der Waals surface area contributed by atoms with E-state index in [1.165, 1.54) is 0 Å². The van der Waals surface area contributed by atoms with Crippen molar-refractivity contribution in [3.8, 4) is 0 Å². The van der Waals surface area contributed by atoms with Crippen LogP contribution in [0.15, 0.2) is 127 Å². The van der Waals surface area contributed by atoms with Gasteiger partial charge in [0.25, 0.3) is 0 Å². The van der Waals surface area contributed by atoms with Crippen LogP contribution in [0.3, 0.4) is 0 Å². The number of ether oxygens (including phenoxy) is 3. The highest BCUT2D eigenvalue weighted by Gasteiger charge is 2.50. The lowest BCUT2D eigenvalue weighted by atomic mass is 9.76. The number of Topliss-reactive ketones (excluding diaryl/α,β-unsaturated/α-hetero) is 1. The van der Waals surface area contributed by atoms with Crippen LogP contribution in [-0.2, 0) is 43.3 Å². The summed E-state index contributed by atoms with van der Waals surface area (Å²) >= 11 is 0. The molecule has 1 aliphatic carbocycles. The van der Waals surface area contributed by atoms with Gasteiger partial charge in [-0.25, -0.2) is 0 Å².